The van der Waals surface area contributed by atoms with Crippen molar-refractivity contribution >= 4 is 23.1 Å². The van der Waals surface area contributed by atoms with Crippen molar-refractivity contribution in [2.45, 2.75) is 6.42 Å². The number of nitrogens with zero attached hydrogens (tertiary/aromatic N) is 2. The first kappa shape index (κ1) is 13.2. The predicted octanol–water partition coefficient (Wildman–Crippen LogP) is 1.52. The van der Waals surface area contributed by atoms with Crippen molar-refractivity contribution in [3.8, 4) is 11.8 Å². The Morgan fingerprint density at radius 1 is 1.42 bits per heavy atom. The van der Waals surface area contributed by atoms with E-state index in [4.69, 9.17) is 5.11 Å². The third-order valence-corrected chi connectivity index (χ3v) is 2.88. The van der Waals surface area contributed by atoms with Crippen molar-refractivity contribution in [2.24, 2.45) is 0 Å². The van der Waals surface area contributed by atoms with Crippen LogP contribution in [-0.2, 0) is 0 Å². The van der Waals surface area contributed by atoms with Gasteiger partial charge in [-0.05, 0) is 23.7 Å². The molecule has 2 aromatic rings. The molecule has 0 saturated carbocycles. The summed E-state index contributed by atoms with van der Waals surface area (Å²) in [6, 6.07) is 7.24. The monoisotopic (exact) mass is 273 g/mol. The molecule has 0 fully saturated rings. The standard InChI is InChI=1S/C13H11N3O2S/c17-8-4-3-6-10-5-1-2-7-11(10)15-13(18)12-9-14-16-19-12/h1-2,5,7,9,17H,4,8H2,(H,15,18). The van der Waals surface area contributed by atoms with Crippen LogP contribution in [0.5, 0.6) is 0 Å². The molecule has 19 heavy (non-hydrogen) atoms. The van der Waals surface area contributed by atoms with E-state index in [-0.39, 0.29) is 12.5 Å². The summed E-state index contributed by atoms with van der Waals surface area (Å²) in [6.45, 7) is 0.0219. The van der Waals surface area contributed by atoms with Crippen molar-refractivity contribution in [1.29, 1.82) is 0 Å². The number of para-hydroxylation sites is 1. The minimum Gasteiger partial charge on any atom is -0.395 e. The molecule has 0 aliphatic heterocycles. The van der Waals surface area contributed by atoms with Crippen molar-refractivity contribution in [3.05, 3.63) is 40.9 Å². The summed E-state index contributed by atoms with van der Waals surface area (Å²) in [5.74, 6) is 5.48. The molecule has 0 radical (unpaired) electrons. The number of hydrogen-bond donors (Lipinski definition) is 2. The number of carbonyl (C=O) groups is 1. The lowest BCUT2D eigenvalue weighted by Gasteiger charge is -2.05. The molecular weight excluding hydrogens is 262 g/mol. The van der Waals surface area contributed by atoms with Gasteiger partial charge in [-0.15, -0.1) is 5.10 Å². The Kier molecular flexibility index (Phi) is 4.61. The molecule has 0 spiro atoms. The van der Waals surface area contributed by atoms with Gasteiger partial charge in [0.2, 0.25) is 0 Å². The highest BCUT2D eigenvalue weighted by atomic mass is 32.1. The molecular formula is C13H11N3O2S. The Bertz CT molecular complexity index is 614. The van der Waals surface area contributed by atoms with Gasteiger partial charge in [-0.25, -0.2) is 0 Å². The number of rotatable bonds is 3. The van der Waals surface area contributed by atoms with Crippen LogP contribution in [0.4, 0.5) is 5.69 Å². The summed E-state index contributed by atoms with van der Waals surface area (Å²) in [4.78, 5) is 12.3. The fourth-order valence-corrected chi connectivity index (χ4v) is 1.78. The van der Waals surface area contributed by atoms with Gasteiger partial charge >= 0.3 is 0 Å². The zero-order valence-electron chi connectivity index (χ0n) is 9.96. The van der Waals surface area contributed by atoms with Crippen LogP contribution < -0.4 is 5.32 Å². The van der Waals surface area contributed by atoms with Crippen LogP contribution in [0.25, 0.3) is 0 Å². The molecule has 0 saturated heterocycles. The molecule has 0 atom stereocenters. The summed E-state index contributed by atoms with van der Waals surface area (Å²) in [5.41, 5.74) is 1.34. The molecule has 0 bridgehead atoms. The zero-order chi connectivity index (χ0) is 13.5. The lowest BCUT2D eigenvalue weighted by molar-refractivity contribution is 0.103. The van der Waals surface area contributed by atoms with Gasteiger partial charge in [-0.1, -0.05) is 28.5 Å². The highest BCUT2D eigenvalue weighted by Gasteiger charge is 2.10. The van der Waals surface area contributed by atoms with E-state index in [2.05, 4.69) is 26.7 Å². The number of amides is 1. The summed E-state index contributed by atoms with van der Waals surface area (Å²) >= 11 is 1.04. The quantitative estimate of drug-likeness (QED) is 0.831. The molecule has 2 N–H and O–H groups in total. The van der Waals surface area contributed by atoms with Crippen LogP contribution >= 0.6 is 11.5 Å². The lowest BCUT2D eigenvalue weighted by Crippen LogP contribution is -2.11. The maximum atomic E-state index is 11.9. The van der Waals surface area contributed by atoms with Gasteiger partial charge in [0.25, 0.3) is 5.91 Å². The third kappa shape index (κ3) is 3.61. The summed E-state index contributed by atoms with van der Waals surface area (Å²) in [6.07, 6.45) is 1.82. The van der Waals surface area contributed by atoms with Crippen molar-refractivity contribution < 1.29 is 9.90 Å². The van der Waals surface area contributed by atoms with Gasteiger partial charge < -0.3 is 10.4 Å². The van der Waals surface area contributed by atoms with Gasteiger partial charge in [0.05, 0.1) is 18.5 Å². The molecule has 1 aromatic heterocycles. The average Bonchev–Trinajstić information content (AvgIpc) is 2.95. The Morgan fingerprint density at radius 3 is 3.00 bits per heavy atom. The van der Waals surface area contributed by atoms with Crippen LogP contribution in [0.3, 0.4) is 0 Å². The van der Waals surface area contributed by atoms with E-state index >= 15 is 0 Å². The fraction of sp³-hybridized carbons (Fsp3) is 0.154. The molecule has 1 heterocycles. The SMILES string of the molecule is O=C(Nc1ccccc1C#CCCO)c1cnns1. The average molecular weight is 273 g/mol. The smallest absolute Gasteiger partial charge is 0.269 e. The largest absolute Gasteiger partial charge is 0.395 e. The first-order chi connectivity index (χ1) is 9.31. The van der Waals surface area contributed by atoms with E-state index in [0.717, 1.165) is 11.5 Å². The van der Waals surface area contributed by atoms with E-state index in [1.807, 2.05) is 18.2 Å². The second-order valence-electron chi connectivity index (χ2n) is 3.56. The Labute approximate surface area is 114 Å². The number of aliphatic hydroxyl groups excluding tert-OH is 1. The van der Waals surface area contributed by atoms with Crippen LogP contribution in [0.1, 0.15) is 21.7 Å². The van der Waals surface area contributed by atoms with E-state index in [0.29, 0.717) is 22.5 Å². The third-order valence-electron chi connectivity index (χ3n) is 2.22. The number of anilines is 1. The number of benzene rings is 1. The normalized spacial score (nSPS) is 9.53. The first-order valence-corrected chi connectivity index (χ1v) is 6.36. The van der Waals surface area contributed by atoms with Crippen LogP contribution in [-0.4, -0.2) is 27.2 Å². The zero-order valence-corrected chi connectivity index (χ0v) is 10.8. The molecule has 5 nitrogen and oxygen atoms in total. The molecule has 6 heteroatoms. The van der Waals surface area contributed by atoms with E-state index in [1.54, 1.807) is 6.07 Å². The van der Waals surface area contributed by atoms with Crippen LogP contribution in [0, 0.1) is 11.8 Å². The summed E-state index contributed by atoms with van der Waals surface area (Å²) in [5, 5.41) is 15.1. The van der Waals surface area contributed by atoms with Gasteiger partial charge in [0.15, 0.2) is 0 Å². The maximum Gasteiger partial charge on any atom is 0.269 e. The molecule has 0 unspecified atom stereocenters. The molecule has 0 aliphatic rings. The Hall–Kier alpha value is -2.23. The van der Waals surface area contributed by atoms with Crippen LogP contribution in [0.2, 0.25) is 0 Å². The molecule has 1 amide bonds. The topological polar surface area (TPSA) is 75.1 Å². The second kappa shape index (κ2) is 6.64. The number of carbonyl (C=O) groups excluding carboxylic acids is 1. The maximum absolute atomic E-state index is 11.9. The summed E-state index contributed by atoms with van der Waals surface area (Å²) < 4.78 is 3.64. The Balaban J connectivity index is 2.17. The van der Waals surface area contributed by atoms with Gasteiger partial charge in [0, 0.05) is 12.0 Å². The van der Waals surface area contributed by atoms with Crippen molar-refractivity contribution in [2.75, 3.05) is 11.9 Å². The second-order valence-corrected chi connectivity index (χ2v) is 4.34. The minimum atomic E-state index is -0.258. The number of hydrogen-bond acceptors (Lipinski definition) is 5. The van der Waals surface area contributed by atoms with Crippen molar-refractivity contribution in [1.82, 2.24) is 9.59 Å². The minimum absolute atomic E-state index is 0.0219. The molecule has 0 aliphatic carbocycles. The Morgan fingerprint density at radius 2 is 2.26 bits per heavy atom. The van der Waals surface area contributed by atoms with E-state index < -0.39 is 0 Å². The number of aliphatic hydroxyl groups is 1. The number of aromatic nitrogens is 2. The number of nitrogens with one attached hydrogen (secondary N) is 1. The first-order valence-electron chi connectivity index (χ1n) is 5.58. The van der Waals surface area contributed by atoms with Gasteiger partial charge in [-0.2, -0.15) is 0 Å². The molecule has 1 aromatic carbocycles. The van der Waals surface area contributed by atoms with E-state index in [9.17, 15) is 4.79 Å². The van der Waals surface area contributed by atoms with Gasteiger partial charge in [-0.3, -0.25) is 4.79 Å². The summed E-state index contributed by atoms with van der Waals surface area (Å²) in [7, 11) is 0. The van der Waals surface area contributed by atoms with Gasteiger partial charge in [0.1, 0.15) is 4.88 Å². The molecule has 2 rings (SSSR count). The van der Waals surface area contributed by atoms with Crippen LogP contribution in [0.15, 0.2) is 30.5 Å². The van der Waals surface area contributed by atoms with Crippen molar-refractivity contribution in [3.63, 3.8) is 0 Å². The molecule has 96 valence electrons. The highest BCUT2D eigenvalue weighted by Crippen LogP contribution is 2.15. The predicted molar refractivity (Wildman–Crippen MR) is 72.9 cm³/mol. The lowest BCUT2D eigenvalue weighted by atomic mass is 10.1. The highest BCUT2D eigenvalue weighted by molar-refractivity contribution is 7.07. The fourth-order valence-electron chi connectivity index (χ4n) is 1.37. The van der Waals surface area contributed by atoms with E-state index in [1.165, 1.54) is 6.20 Å².